The van der Waals surface area contributed by atoms with Crippen molar-refractivity contribution in [2.75, 3.05) is 0 Å². The average molecular weight is 373 g/mol. The Morgan fingerprint density at radius 3 is 2.32 bits per heavy atom. The molecule has 0 radical (unpaired) electrons. The predicted octanol–water partition coefficient (Wildman–Crippen LogP) is -1.01. The molecule has 0 bridgehead atoms. The van der Waals surface area contributed by atoms with Crippen LogP contribution in [0.25, 0.3) is 11.0 Å². The molecule has 0 saturated carbocycles. The zero-order valence-electron chi connectivity index (χ0n) is 15.4. The largest absolute Gasteiger partial charge is 1.00 e. The van der Waals surface area contributed by atoms with Crippen molar-refractivity contribution < 1.29 is 49.1 Å². The zero-order chi connectivity index (χ0) is 17.5. The van der Waals surface area contributed by atoms with Crippen LogP contribution in [0.1, 0.15) is 21.7 Å². The first-order chi connectivity index (χ1) is 11.2. The molecule has 0 aliphatic heterocycles. The fourth-order valence-corrected chi connectivity index (χ4v) is 3.63. The van der Waals surface area contributed by atoms with Crippen LogP contribution in [0.15, 0.2) is 47.4 Å². The minimum Gasteiger partial charge on any atom is -1.00 e. The van der Waals surface area contributed by atoms with Crippen LogP contribution in [0.3, 0.4) is 0 Å². The van der Waals surface area contributed by atoms with Gasteiger partial charge in [0, 0.05) is 0 Å². The summed E-state index contributed by atoms with van der Waals surface area (Å²) in [4.78, 5) is 1.09. The van der Waals surface area contributed by atoms with Crippen LogP contribution in [0.5, 0.6) is 0 Å². The fraction of sp³-hybridized carbons (Fsp3) is 0.375. The van der Waals surface area contributed by atoms with E-state index in [4.69, 9.17) is 0 Å². The summed E-state index contributed by atoms with van der Waals surface area (Å²) in [6.07, 6.45) is 3.26. The third-order valence-corrected chi connectivity index (χ3v) is 4.89. The van der Waals surface area contributed by atoms with Crippen molar-refractivity contribution in [1.29, 1.82) is 0 Å². The van der Waals surface area contributed by atoms with Crippen LogP contribution in [0.4, 0.5) is 0 Å². The van der Waals surface area contributed by atoms with Crippen LogP contribution >= 0.6 is 0 Å². The second-order valence-electron chi connectivity index (χ2n) is 6.39. The van der Waals surface area contributed by atoms with Crippen LogP contribution < -0.4 is 29.6 Å². The summed E-state index contributed by atoms with van der Waals surface area (Å²) < 4.78 is 32.6. The van der Waals surface area contributed by atoms with Crippen molar-refractivity contribution in [2.24, 2.45) is 5.92 Å². The van der Waals surface area contributed by atoms with Crippen molar-refractivity contribution in [3.63, 3.8) is 0 Å². The van der Waals surface area contributed by atoms with Gasteiger partial charge in [0.1, 0.15) is 22.7 Å². The van der Waals surface area contributed by atoms with E-state index >= 15 is 0 Å². The minimum atomic E-state index is -4.40. The zero-order valence-corrected chi connectivity index (χ0v) is 17.2. The molecular formula is C16H20N3NaO4S. The summed E-state index contributed by atoms with van der Waals surface area (Å²) in [6.45, 7) is 3.91. The smallest absolute Gasteiger partial charge is 1.00 e. The van der Waals surface area contributed by atoms with Gasteiger partial charge in [0.25, 0.3) is 10.1 Å². The molecular weight excluding hydrogens is 353 g/mol. The van der Waals surface area contributed by atoms with Crippen molar-refractivity contribution in [2.45, 2.75) is 31.9 Å². The SMILES string of the molecule is CC(C)CC1(n2nc3ccccc3n2)C=C(S(=O)(=O)O)C=CC1O.[H-].[Na+]. The molecule has 0 amide bonds. The normalized spacial score (nSPS) is 23.6. The first kappa shape index (κ1) is 20.3. The maximum absolute atomic E-state index is 11.6. The molecule has 7 nitrogen and oxygen atoms in total. The number of fused-ring (bicyclic) bond motifs is 1. The maximum Gasteiger partial charge on any atom is 1.00 e. The summed E-state index contributed by atoms with van der Waals surface area (Å²) in [7, 11) is -4.40. The van der Waals surface area contributed by atoms with E-state index in [-0.39, 0.29) is 41.8 Å². The topological polar surface area (TPSA) is 105 Å². The Morgan fingerprint density at radius 2 is 1.84 bits per heavy atom. The van der Waals surface area contributed by atoms with Crippen LogP contribution in [0, 0.1) is 5.92 Å². The number of hydrogen-bond acceptors (Lipinski definition) is 5. The van der Waals surface area contributed by atoms with Gasteiger partial charge in [-0.1, -0.05) is 32.1 Å². The Kier molecular flexibility index (Phi) is 5.92. The van der Waals surface area contributed by atoms with Gasteiger partial charge in [0.2, 0.25) is 0 Å². The van der Waals surface area contributed by atoms with Crippen LogP contribution in [0.2, 0.25) is 0 Å². The van der Waals surface area contributed by atoms with Gasteiger partial charge in [-0.3, -0.25) is 4.55 Å². The van der Waals surface area contributed by atoms with Gasteiger partial charge in [-0.2, -0.15) is 23.4 Å². The Morgan fingerprint density at radius 1 is 1.28 bits per heavy atom. The summed E-state index contributed by atoms with van der Waals surface area (Å²) in [5.74, 6) is 0.124. The van der Waals surface area contributed by atoms with E-state index in [1.807, 2.05) is 26.0 Å². The number of benzene rings is 1. The molecule has 0 fully saturated rings. The molecule has 2 N–H and O–H groups in total. The van der Waals surface area contributed by atoms with E-state index in [9.17, 15) is 18.1 Å². The van der Waals surface area contributed by atoms with E-state index in [0.717, 1.165) is 0 Å². The number of aliphatic hydroxyl groups excluding tert-OH is 1. The van der Waals surface area contributed by atoms with Crippen molar-refractivity contribution in [3.05, 3.63) is 47.4 Å². The average Bonchev–Trinajstić information content (AvgIpc) is 2.92. The Bertz CT molecular complexity index is 909. The van der Waals surface area contributed by atoms with E-state index in [1.54, 1.807) is 12.1 Å². The first-order valence-electron chi connectivity index (χ1n) is 7.61. The molecule has 0 spiro atoms. The Balaban J connectivity index is 0.00000169. The molecule has 1 aliphatic carbocycles. The number of aromatic nitrogens is 3. The number of nitrogens with zero attached hydrogens (tertiary/aromatic N) is 3. The maximum atomic E-state index is 11.6. The predicted molar refractivity (Wildman–Crippen MR) is 90.8 cm³/mol. The standard InChI is InChI=1S/C16H19N3O4S.Na.H/c1-11(2)9-16(10-12(24(21,22)23)7-8-15(16)20)19-17-13-5-3-4-6-14(13)18-19;;/h3-8,10-11,15,20H,9H2,1-2H3,(H,21,22,23);;/q;+1;-1. The molecule has 0 saturated heterocycles. The molecule has 1 aromatic carbocycles. The van der Waals surface area contributed by atoms with E-state index in [0.29, 0.717) is 17.5 Å². The van der Waals surface area contributed by atoms with Crippen LogP contribution in [-0.4, -0.2) is 39.2 Å². The molecule has 2 aromatic rings. The number of rotatable bonds is 4. The number of allylic oxidation sites excluding steroid dienone is 1. The van der Waals surface area contributed by atoms with Crippen molar-refractivity contribution in [1.82, 2.24) is 15.0 Å². The van der Waals surface area contributed by atoms with Crippen molar-refractivity contribution >= 4 is 21.2 Å². The van der Waals surface area contributed by atoms with Gasteiger partial charge in [-0.25, -0.2) is 0 Å². The van der Waals surface area contributed by atoms with E-state index < -0.39 is 21.8 Å². The molecule has 2 atom stereocenters. The molecule has 1 aromatic heterocycles. The summed E-state index contributed by atoms with van der Waals surface area (Å²) in [5, 5.41) is 19.5. The minimum absolute atomic E-state index is 0. The van der Waals surface area contributed by atoms with E-state index in [2.05, 4.69) is 10.2 Å². The molecule has 1 heterocycles. The van der Waals surface area contributed by atoms with Gasteiger partial charge in [-0.05, 0) is 36.6 Å². The molecule has 2 unspecified atom stereocenters. The van der Waals surface area contributed by atoms with Crippen LogP contribution in [-0.2, 0) is 15.7 Å². The van der Waals surface area contributed by atoms with Gasteiger partial charge in [0.05, 0.1) is 4.91 Å². The number of aliphatic hydroxyl groups is 1. The fourth-order valence-electron chi connectivity index (χ4n) is 3.03. The van der Waals surface area contributed by atoms with Gasteiger partial charge in [0.15, 0.2) is 0 Å². The first-order valence-corrected chi connectivity index (χ1v) is 9.05. The monoisotopic (exact) mass is 373 g/mol. The molecule has 9 heteroatoms. The Labute approximate surface area is 169 Å². The van der Waals surface area contributed by atoms with Gasteiger partial charge >= 0.3 is 29.6 Å². The third-order valence-electron chi connectivity index (χ3n) is 4.04. The summed E-state index contributed by atoms with van der Waals surface area (Å²) in [5.41, 5.74) is 0.0981. The summed E-state index contributed by atoms with van der Waals surface area (Å²) >= 11 is 0. The molecule has 3 rings (SSSR count). The second kappa shape index (κ2) is 7.30. The summed E-state index contributed by atoms with van der Waals surface area (Å²) in [6, 6.07) is 7.24. The quantitative estimate of drug-likeness (QED) is 0.526. The third kappa shape index (κ3) is 3.89. The van der Waals surface area contributed by atoms with Gasteiger partial charge in [-0.15, -0.1) is 0 Å². The van der Waals surface area contributed by atoms with Gasteiger partial charge < -0.3 is 6.53 Å². The van der Waals surface area contributed by atoms with Crippen molar-refractivity contribution in [3.8, 4) is 0 Å². The van der Waals surface area contributed by atoms with E-state index in [1.165, 1.54) is 23.0 Å². The second-order valence-corrected chi connectivity index (χ2v) is 7.81. The molecule has 1 aliphatic rings. The molecule has 130 valence electrons. The number of hydrogen-bond donors (Lipinski definition) is 2. The molecule has 25 heavy (non-hydrogen) atoms. The Hall–Kier alpha value is -1.03.